The lowest BCUT2D eigenvalue weighted by Crippen LogP contribution is -2.41. The Morgan fingerprint density at radius 1 is 1.07 bits per heavy atom. The van der Waals surface area contributed by atoms with E-state index in [0.29, 0.717) is 23.4 Å². The number of ether oxygens (including phenoxy) is 2. The van der Waals surface area contributed by atoms with Crippen LogP contribution in [0.5, 0.6) is 11.9 Å². The lowest BCUT2D eigenvalue weighted by molar-refractivity contribution is -0.384. The molecular weight excluding hydrogens is 388 g/mol. The summed E-state index contributed by atoms with van der Waals surface area (Å²) in [4.78, 5) is 34.5. The number of para-hydroxylation sites is 1. The van der Waals surface area contributed by atoms with Gasteiger partial charge in [0.1, 0.15) is 5.56 Å². The molecule has 3 aromatic rings. The van der Waals surface area contributed by atoms with Gasteiger partial charge in [0.2, 0.25) is 5.88 Å². The first-order valence-corrected chi connectivity index (χ1v) is 9.15. The van der Waals surface area contributed by atoms with Crippen LogP contribution in [0.2, 0.25) is 0 Å². The summed E-state index contributed by atoms with van der Waals surface area (Å²) in [5, 5.41) is 11.3. The van der Waals surface area contributed by atoms with Gasteiger partial charge < -0.3 is 14.4 Å². The number of carbonyl (C=O) groups is 1. The molecule has 1 aliphatic rings. The molecule has 9 heteroatoms. The van der Waals surface area contributed by atoms with Crippen LogP contribution in [0.15, 0.2) is 54.6 Å². The van der Waals surface area contributed by atoms with Gasteiger partial charge in [-0.2, -0.15) is 9.97 Å². The second kappa shape index (κ2) is 7.78. The van der Waals surface area contributed by atoms with E-state index in [1.807, 2.05) is 30.3 Å². The second-order valence-electron chi connectivity index (χ2n) is 6.62. The number of non-ortho nitro benzene ring substituents is 1. The predicted molar refractivity (Wildman–Crippen MR) is 108 cm³/mol. The number of fused-ring (bicyclic) bond motifs is 1. The molecule has 30 heavy (non-hydrogen) atoms. The number of rotatable bonds is 5. The van der Waals surface area contributed by atoms with Crippen LogP contribution in [0.3, 0.4) is 0 Å². The maximum atomic E-state index is 13.6. The van der Waals surface area contributed by atoms with Crippen molar-refractivity contribution in [3.8, 4) is 11.9 Å². The molecule has 1 aromatic heterocycles. The summed E-state index contributed by atoms with van der Waals surface area (Å²) >= 11 is 0. The van der Waals surface area contributed by atoms with E-state index in [-0.39, 0.29) is 29.0 Å². The minimum Gasteiger partial charge on any atom is -0.480 e. The molecule has 0 saturated heterocycles. The van der Waals surface area contributed by atoms with Gasteiger partial charge in [0.15, 0.2) is 0 Å². The fourth-order valence-corrected chi connectivity index (χ4v) is 3.60. The van der Waals surface area contributed by atoms with Crippen molar-refractivity contribution in [3.05, 3.63) is 81.5 Å². The first-order chi connectivity index (χ1) is 14.5. The van der Waals surface area contributed by atoms with E-state index >= 15 is 0 Å². The van der Waals surface area contributed by atoms with Crippen molar-refractivity contribution in [2.75, 3.05) is 19.1 Å². The molecule has 9 nitrogen and oxygen atoms in total. The van der Waals surface area contributed by atoms with Gasteiger partial charge >= 0.3 is 6.01 Å². The van der Waals surface area contributed by atoms with E-state index in [1.165, 1.54) is 26.4 Å². The quantitative estimate of drug-likeness (QED) is 0.472. The van der Waals surface area contributed by atoms with E-state index in [2.05, 4.69) is 9.97 Å². The Labute approximate surface area is 172 Å². The van der Waals surface area contributed by atoms with Gasteiger partial charge in [0, 0.05) is 24.2 Å². The standard InChI is InChI=1S/C21H18N4O5/c1-29-19-18-16(22-21(23-19)30-2)12-17(13-7-6-10-15(11-13)25(27)28)24(20(18)26)14-8-4-3-5-9-14/h3-11,17H,12H2,1-2H3. The number of nitro benzene ring substituents is 1. The Kier molecular flexibility index (Phi) is 5.01. The number of aromatic nitrogens is 2. The maximum absolute atomic E-state index is 13.6. The number of amides is 1. The molecular formula is C21H18N4O5. The molecule has 0 saturated carbocycles. The Morgan fingerprint density at radius 2 is 1.83 bits per heavy atom. The van der Waals surface area contributed by atoms with Gasteiger partial charge in [-0.25, -0.2) is 0 Å². The third-order valence-corrected chi connectivity index (χ3v) is 4.94. The van der Waals surface area contributed by atoms with Gasteiger partial charge in [-0.3, -0.25) is 14.9 Å². The van der Waals surface area contributed by atoms with E-state index in [0.717, 1.165) is 0 Å². The molecule has 0 bridgehead atoms. The number of anilines is 1. The van der Waals surface area contributed by atoms with E-state index in [4.69, 9.17) is 9.47 Å². The summed E-state index contributed by atoms with van der Waals surface area (Å²) < 4.78 is 10.5. The normalized spacial score (nSPS) is 15.5. The molecule has 152 valence electrons. The number of nitro groups is 1. The smallest absolute Gasteiger partial charge is 0.319 e. The Bertz CT molecular complexity index is 1120. The SMILES string of the molecule is COc1nc2c(c(OC)n1)C(=O)N(c1ccccc1)C(c1cccc([N+](=O)[O-])c1)C2. The summed E-state index contributed by atoms with van der Waals surface area (Å²) in [5.74, 6) is -0.223. The molecule has 1 atom stereocenters. The Balaban J connectivity index is 1.91. The molecule has 0 spiro atoms. The van der Waals surface area contributed by atoms with Crippen molar-refractivity contribution in [2.24, 2.45) is 0 Å². The molecule has 1 amide bonds. The lowest BCUT2D eigenvalue weighted by atomic mass is 9.92. The van der Waals surface area contributed by atoms with Crippen LogP contribution in [-0.2, 0) is 6.42 Å². The molecule has 4 rings (SSSR count). The average molecular weight is 406 g/mol. The topological polar surface area (TPSA) is 108 Å². The fraction of sp³-hybridized carbons (Fsp3) is 0.190. The van der Waals surface area contributed by atoms with Crippen molar-refractivity contribution >= 4 is 17.3 Å². The van der Waals surface area contributed by atoms with Crippen LogP contribution in [0.1, 0.15) is 27.7 Å². The number of hydrogen-bond acceptors (Lipinski definition) is 7. The number of hydrogen-bond donors (Lipinski definition) is 0. The Morgan fingerprint density at radius 3 is 2.50 bits per heavy atom. The summed E-state index contributed by atoms with van der Waals surface area (Å²) in [7, 11) is 2.86. The van der Waals surface area contributed by atoms with Crippen LogP contribution in [0.4, 0.5) is 11.4 Å². The first kappa shape index (κ1) is 19.3. The highest BCUT2D eigenvalue weighted by atomic mass is 16.6. The van der Waals surface area contributed by atoms with Crippen molar-refractivity contribution in [1.82, 2.24) is 9.97 Å². The molecule has 0 fully saturated rings. The minimum atomic E-state index is -0.503. The predicted octanol–water partition coefficient (Wildman–Crippen LogP) is 3.35. The second-order valence-corrected chi connectivity index (χ2v) is 6.62. The van der Waals surface area contributed by atoms with Crippen molar-refractivity contribution in [2.45, 2.75) is 12.5 Å². The fourth-order valence-electron chi connectivity index (χ4n) is 3.60. The maximum Gasteiger partial charge on any atom is 0.319 e. The largest absolute Gasteiger partial charge is 0.480 e. The Hall–Kier alpha value is -4.01. The van der Waals surface area contributed by atoms with Crippen molar-refractivity contribution in [3.63, 3.8) is 0 Å². The molecule has 1 aliphatic heterocycles. The highest BCUT2D eigenvalue weighted by Gasteiger charge is 2.39. The van der Waals surface area contributed by atoms with Gasteiger partial charge in [0.05, 0.1) is 30.9 Å². The summed E-state index contributed by atoms with van der Waals surface area (Å²) in [6.45, 7) is 0. The third kappa shape index (κ3) is 3.30. The van der Waals surface area contributed by atoms with Gasteiger partial charge in [-0.15, -0.1) is 0 Å². The highest BCUT2D eigenvalue weighted by molar-refractivity contribution is 6.10. The number of nitrogens with zero attached hydrogens (tertiary/aromatic N) is 4. The lowest BCUT2D eigenvalue weighted by Gasteiger charge is -2.36. The monoisotopic (exact) mass is 406 g/mol. The molecule has 2 aromatic carbocycles. The highest BCUT2D eigenvalue weighted by Crippen LogP contribution is 2.39. The van der Waals surface area contributed by atoms with Gasteiger partial charge in [-0.1, -0.05) is 30.3 Å². The molecule has 2 heterocycles. The van der Waals surface area contributed by atoms with Crippen molar-refractivity contribution < 1.29 is 19.2 Å². The summed E-state index contributed by atoms with van der Waals surface area (Å²) in [6, 6.07) is 15.0. The third-order valence-electron chi connectivity index (χ3n) is 4.94. The van der Waals surface area contributed by atoms with Gasteiger partial charge in [0.25, 0.3) is 11.6 Å². The number of benzene rings is 2. The molecule has 1 unspecified atom stereocenters. The molecule has 0 N–H and O–H groups in total. The summed E-state index contributed by atoms with van der Waals surface area (Å²) in [5.41, 5.74) is 1.96. The van der Waals surface area contributed by atoms with E-state index in [1.54, 1.807) is 17.0 Å². The minimum absolute atomic E-state index is 0.0448. The zero-order valence-electron chi connectivity index (χ0n) is 16.3. The van der Waals surface area contributed by atoms with Crippen LogP contribution >= 0.6 is 0 Å². The number of carbonyl (C=O) groups excluding carboxylic acids is 1. The average Bonchev–Trinajstić information content (AvgIpc) is 2.78. The van der Waals surface area contributed by atoms with E-state index < -0.39 is 11.0 Å². The first-order valence-electron chi connectivity index (χ1n) is 9.15. The molecule has 0 radical (unpaired) electrons. The zero-order chi connectivity index (χ0) is 21.3. The molecule has 0 aliphatic carbocycles. The van der Waals surface area contributed by atoms with Crippen LogP contribution in [-0.4, -0.2) is 35.0 Å². The van der Waals surface area contributed by atoms with Crippen LogP contribution < -0.4 is 14.4 Å². The van der Waals surface area contributed by atoms with Gasteiger partial charge in [-0.05, 0) is 17.7 Å². The number of methoxy groups -OCH3 is 2. The summed E-state index contributed by atoms with van der Waals surface area (Å²) in [6.07, 6.45) is 0.312. The van der Waals surface area contributed by atoms with Crippen LogP contribution in [0, 0.1) is 10.1 Å². The van der Waals surface area contributed by atoms with E-state index in [9.17, 15) is 14.9 Å². The zero-order valence-corrected chi connectivity index (χ0v) is 16.3. The van der Waals surface area contributed by atoms with Crippen molar-refractivity contribution in [1.29, 1.82) is 0 Å². The van der Waals surface area contributed by atoms with Crippen LogP contribution in [0.25, 0.3) is 0 Å².